The van der Waals surface area contributed by atoms with Gasteiger partial charge in [0.25, 0.3) is 0 Å². The Hall–Kier alpha value is -1.38. The van der Waals surface area contributed by atoms with Crippen LogP contribution in [0.4, 0.5) is 0 Å². The van der Waals surface area contributed by atoms with Crippen LogP contribution in [0.3, 0.4) is 0 Å². The van der Waals surface area contributed by atoms with Crippen LogP contribution in [-0.4, -0.2) is 9.36 Å². The SMILES string of the molecule is N#Cc1cccc(Sc2ncns2)c1. The molecule has 0 fully saturated rings. The van der Waals surface area contributed by atoms with Gasteiger partial charge in [-0.15, -0.1) is 0 Å². The molecule has 5 heteroatoms. The van der Waals surface area contributed by atoms with Gasteiger partial charge in [0.2, 0.25) is 0 Å². The second-order valence-electron chi connectivity index (χ2n) is 2.45. The van der Waals surface area contributed by atoms with Gasteiger partial charge in [0.05, 0.1) is 11.6 Å². The van der Waals surface area contributed by atoms with Crippen molar-refractivity contribution < 1.29 is 0 Å². The van der Waals surface area contributed by atoms with Crippen LogP contribution in [0.25, 0.3) is 0 Å². The molecule has 0 unspecified atom stereocenters. The third-order valence-corrected chi connectivity index (χ3v) is 3.21. The zero-order chi connectivity index (χ0) is 9.80. The second kappa shape index (κ2) is 4.22. The largest absolute Gasteiger partial charge is 0.216 e. The van der Waals surface area contributed by atoms with Crippen LogP contribution in [0.2, 0.25) is 0 Å². The highest BCUT2D eigenvalue weighted by atomic mass is 32.2. The molecule has 14 heavy (non-hydrogen) atoms. The van der Waals surface area contributed by atoms with Gasteiger partial charge in [-0.25, -0.2) is 4.98 Å². The Balaban J connectivity index is 2.22. The molecule has 0 aliphatic rings. The Bertz CT molecular complexity index is 459. The molecular weight excluding hydrogens is 214 g/mol. The van der Waals surface area contributed by atoms with E-state index in [0.29, 0.717) is 5.56 Å². The highest BCUT2D eigenvalue weighted by Crippen LogP contribution is 2.28. The van der Waals surface area contributed by atoms with Crippen LogP contribution in [-0.2, 0) is 0 Å². The molecule has 0 atom stereocenters. The second-order valence-corrected chi connectivity index (χ2v) is 4.55. The van der Waals surface area contributed by atoms with Crippen molar-refractivity contribution in [1.82, 2.24) is 9.36 Å². The van der Waals surface area contributed by atoms with E-state index in [-0.39, 0.29) is 0 Å². The molecule has 1 aromatic heterocycles. The van der Waals surface area contributed by atoms with E-state index in [2.05, 4.69) is 15.4 Å². The van der Waals surface area contributed by atoms with E-state index < -0.39 is 0 Å². The molecule has 0 saturated heterocycles. The van der Waals surface area contributed by atoms with Crippen molar-refractivity contribution in [3.05, 3.63) is 36.2 Å². The first-order chi connectivity index (χ1) is 6.88. The third-order valence-electron chi connectivity index (χ3n) is 1.51. The van der Waals surface area contributed by atoms with E-state index in [9.17, 15) is 0 Å². The lowest BCUT2D eigenvalue weighted by atomic mass is 10.2. The molecule has 0 amide bonds. The van der Waals surface area contributed by atoms with Crippen molar-refractivity contribution in [3.63, 3.8) is 0 Å². The molecule has 68 valence electrons. The summed E-state index contributed by atoms with van der Waals surface area (Å²) in [4.78, 5) is 5.07. The summed E-state index contributed by atoms with van der Waals surface area (Å²) in [5.41, 5.74) is 0.666. The van der Waals surface area contributed by atoms with Crippen LogP contribution in [0.5, 0.6) is 0 Å². The summed E-state index contributed by atoms with van der Waals surface area (Å²) in [6.45, 7) is 0. The molecular formula is C9H5N3S2. The summed E-state index contributed by atoms with van der Waals surface area (Å²) in [6.07, 6.45) is 1.53. The van der Waals surface area contributed by atoms with Crippen molar-refractivity contribution >= 4 is 23.3 Å². The van der Waals surface area contributed by atoms with Gasteiger partial charge in [-0.1, -0.05) is 17.8 Å². The lowest BCUT2D eigenvalue weighted by molar-refractivity contribution is 1.21. The Kier molecular flexibility index (Phi) is 2.77. The minimum atomic E-state index is 0.666. The first-order valence-corrected chi connectivity index (χ1v) is 5.42. The number of benzene rings is 1. The van der Waals surface area contributed by atoms with Crippen molar-refractivity contribution in [2.24, 2.45) is 0 Å². The first kappa shape index (κ1) is 9.19. The molecule has 3 nitrogen and oxygen atoms in total. The quantitative estimate of drug-likeness (QED) is 0.778. The topological polar surface area (TPSA) is 49.6 Å². The predicted molar refractivity (Wildman–Crippen MR) is 55.2 cm³/mol. The maximum atomic E-state index is 8.70. The van der Waals surface area contributed by atoms with Gasteiger partial charge in [-0.2, -0.15) is 9.64 Å². The molecule has 2 rings (SSSR count). The number of hydrogen-bond donors (Lipinski definition) is 0. The zero-order valence-corrected chi connectivity index (χ0v) is 8.68. The molecule has 0 aliphatic heterocycles. The van der Waals surface area contributed by atoms with Gasteiger partial charge in [0.1, 0.15) is 6.33 Å². The van der Waals surface area contributed by atoms with E-state index in [1.807, 2.05) is 18.2 Å². The van der Waals surface area contributed by atoms with E-state index in [4.69, 9.17) is 5.26 Å². The van der Waals surface area contributed by atoms with E-state index >= 15 is 0 Å². The van der Waals surface area contributed by atoms with Crippen LogP contribution >= 0.6 is 23.3 Å². The summed E-state index contributed by atoms with van der Waals surface area (Å²) in [5, 5.41) is 8.70. The molecule has 1 heterocycles. The third kappa shape index (κ3) is 2.10. The lowest BCUT2D eigenvalue weighted by Gasteiger charge is -1.96. The van der Waals surface area contributed by atoms with Gasteiger partial charge < -0.3 is 0 Å². The standard InChI is InChI=1S/C9H5N3S2/c10-5-7-2-1-3-8(4-7)13-9-11-6-12-14-9/h1-4,6H. The predicted octanol–water partition coefficient (Wildman–Crippen LogP) is 2.56. The van der Waals surface area contributed by atoms with Crippen molar-refractivity contribution in [3.8, 4) is 6.07 Å². The molecule has 0 N–H and O–H groups in total. The Labute approximate surface area is 89.6 Å². The summed E-state index contributed by atoms with van der Waals surface area (Å²) in [5.74, 6) is 0. The fraction of sp³-hybridized carbons (Fsp3) is 0. The molecule has 0 saturated carbocycles. The van der Waals surface area contributed by atoms with E-state index in [1.54, 1.807) is 6.07 Å². The van der Waals surface area contributed by atoms with Crippen LogP contribution in [0, 0.1) is 11.3 Å². The summed E-state index contributed by atoms with van der Waals surface area (Å²) >= 11 is 2.87. The average Bonchev–Trinajstić information content (AvgIpc) is 2.71. The first-order valence-electron chi connectivity index (χ1n) is 3.83. The molecule has 0 aliphatic carbocycles. The molecule has 2 aromatic rings. The Morgan fingerprint density at radius 3 is 3.07 bits per heavy atom. The number of nitriles is 1. The molecule has 0 radical (unpaired) electrons. The van der Waals surface area contributed by atoms with Gasteiger partial charge >= 0.3 is 0 Å². The van der Waals surface area contributed by atoms with Crippen molar-refractivity contribution in [1.29, 1.82) is 5.26 Å². The van der Waals surface area contributed by atoms with Crippen LogP contribution < -0.4 is 0 Å². The van der Waals surface area contributed by atoms with Gasteiger partial charge in [-0.05, 0) is 29.7 Å². The fourth-order valence-electron chi connectivity index (χ4n) is 0.938. The summed E-state index contributed by atoms with van der Waals surface area (Å²) in [6, 6.07) is 9.54. The Morgan fingerprint density at radius 1 is 1.43 bits per heavy atom. The summed E-state index contributed by atoms with van der Waals surface area (Å²) in [7, 11) is 0. The number of nitrogens with zero attached hydrogens (tertiary/aromatic N) is 3. The van der Waals surface area contributed by atoms with Crippen LogP contribution in [0.1, 0.15) is 5.56 Å². The van der Waals surface area contributed by atoms with Gasteiger partial charge in [0.15, 0.2) is 4.34 Å². The monoisotopic (exact) mass is 219 g/mol. The number of hydrogen-bond acceptors (Lipinski definition) is 5. The fourth-order valence-corrected chi connectivity index (χ4v) is 2.42. The van der Waals surface area contributed by atoms with E-state index in [0.717, 1.165) is 9.24 Å². The molecule has 0 spiro atoms. The van der Waals surface area contributed by atoms with Crippen molar-refractivity contribution in [2.45, 2.75) is 9.24 Å². The molecule has 1 aromatic carbocycles. The maximum Gasteiger partial charge on any atom is 0.174 e. The average molecular weight is 219 g/mol. The smallest absolute Gasteiger partial charge is 0.174 e. The summed E-state index contributed by atoms with van der Waals surface area (Å²) < 4.78 is 4.79. The van der Waals surface area contributed by atoms with Crippen molar-refractivity contribution in [2.75, 3.05) is 0 Å². The maximum absolute atomic E-state index is 8.70. The highest BCUT2D eigenvalue weighted by molar-refractivity contribution is 8.01. The minimum Gasteiger partial charge on any atom is -0.216 e. The number of aromatic nitrogens is 2. The lowest BCUT2D eigenvalue weighted by Crippen LogP contribution is -1.75. The minimum absolute atomic E-state index is 0.666. The molecule has 0 bridgehead atoms. The normalized spacial score (nSPS) is 9.64. The number of rotatable bonds is 2. The zero-order valence-electron chi connectivity index (χ0n) is 7.04. The van der Waals surface area contributed by atoms with E-state index in [1.165, 1.54) is 29.6 Å². The highest BCUT2D eigenvalue weighted by Gasteiger charge is 2.00. The van der Waals surface area contributed by atoms with Gasteiger partial charge in [0, 0.05) is 4.90 Å². The van der Waals surface area contributed by atoms with Crippen LogP contribution in [0.15, 0.2) is 39.8 Å². The van der Waals surface area contributed by atoms with Gasteiger partial charge in [-0.3, -0.25) is 0 Å². The Morgan fingerprint density at radius 2 is 2.36 bits per heavy atom.